The van der Waals surface area contributed by atoms with Crippen molar-refractivity contribution < 1.29 is 9.90 Å². The Morgan fingerprint density at radius 3 is 3.11 bits per heavy atom. The van der Waals surface area contributed by atoms with Crippen LogP contribution in [-0.4, -0.2) is 28.1 Å². The molecule has 1 aromatic heterocycles. The maximum absolute atomic E-state index is 12.3. The molecule has 4 nitrogen and oxygen atoms in total. The maximum atomic E-state index is 12.3. The fourth-order valence-corrected chi connectivity index (χ4v) is 3.25. The Kier molecular flexibility index (Phi) is 4.58. The lowest BCUT2D eigenvalue weighted by Gasteiger charge is -2.39. The van der Waals surface area contributed by atoms with Gasteiger partial charge in [-0.2, -0.15) is 0 Å². The number of nitrogens with zero attached hydrogens (tertiary/aromatic N) is 1. The van der Waals surface area contributed by atoms with E-state index in [0.29, 0.717) is 16.1 Å². The topological polar surface area (TPSA) is 62.2 Å². The summed E-state index contributed by atoms with van der Waals surface area (Å²) in [6.07, 6.45) is 5.49. The quantitative estimate of drug-likeness (QED) is 0.839. The van der Waals surface area contributed by atoms with Gasteiger partial charge in [0.2, 0.25) is 0 Å². The van der Waals surface area contributed by atoms with Gasteiger partial charge in [-0.3, -0.25) is 4.79 Å². The lowest BCUT2D eigenvalue weighted by atomic mass is 9.76. The standard InChI is InChI=1S/C14H19BrN2O2/c1-10-4-2-6-14(8-10,9-18)17-13(19)11-5-3-7-16-12(11)15/h3,5,7,10,18H,2,4,6,8-9H2,1H3,(H,17,19). The van der Waals surface area contributed by atoms with Crippen molar-refractivity contribution in [3.8, 4) is 0 Å². The zero-order valence-electron chi connectivity index (χ0n) is 11.0. The van der Waals surface area contributed by atoms with Crippen LogP contribution < -0.4 is 5.32 Å². The van der Waals surface area contributed by atoms with E-state index in [0.717, 1.165) is 25.7 Å². The van der Waals surface area contributed by atoms with Gasteiger partial charge in [0.1, 0.15) is 4.60 Å². The average molecular weight is 327 g/mol. The van der Waals surface area contributed by atoms with Crippen LogP contribution in [0.15, 0.2) is 22.9 Å². The molecule has 2 N–H and O–H groups in total. The van der Waals surface area contributed by atoms with Crippen LogP contribution in [0, 0.1) is 5.92 Å². The third-order valence-electron chi connectivity index (χ3n) is 3.78. The highest BCUT2D eigenvalue weighted by Gasteiger charge is 2.36. The number of halogens is 1. The average Bonchev–Trinajstić information content (AvgIpc) is 2.39. The molecule has 1 saturated carbocycles. The highest BCUT2D eigenvalue weighted by atomic mass is 79.9. The summed E-state index contributed by atoms with van der Waals surface area (Å²) in [6, 6.07) is 3.46. The summed E-state index contributed by atoms with van der Waals surface area (Å²) in [6.45, 7) is 2.15. The summed E-state index contributed by atoms with van der Waals surface area (Å²) in [5.41, 5.74) is 0.0258. The summed E-state index contributed by atoms with van der Waals surface area (Å²) in [4.78, 5) is 16.4. The van der Waals surface area contributed by atoms with Crippen LogP contribution in [0.25, 0.3) is 0 Å². The van der Waals surface area contributed by atoms with E-state index in [-0.39, 0.29) is 12.5 Å². The summed E-state index contributed by atoms with van der Waals surface area (Å²) < 4.78 is 0.532. The zero-order chi connectivity index (χ0) is 13.9. The van der Waals surface area contributed by atoms with E-state index in [2.05, 4.69) is 33.2 Å². The fraction of sp³-hybridized carbons (Fsp3) is 0.571. The molecule has 104 valence electrons. The van der Waals surface area contributed by atoms with Crippen LogP contribution in [0.2, 0.25) is 0 Å². The molecule has 2 rings (SSSR count). The minimum absolute atomic E-state index is 0.0129. The third-order valence-corrected chi connectivity index (χ3v) is 4.41. The number of aromatic nitrogens is 1. The summed E-state index contributed by atoms with van der Waals surface area (Å²) in [7, 11) is 0. The van der Waals surface area contributed by atoms with Crippen molar-refractivity contribution in [1.29, 1.82) is 0 Å². The normalized spacial score (nSPS) is 27.0. The molecule has 0 saturated heterocycles. The largest absolute Gasteiger partial charge is 0.394 e. The molecule has 2 atom stereocenters. The summed E-state index contributed by atoms with van der Waals surface area (Å²) in [5.74, 6) is 0.349. The monoisotopic (exact) mass is 326 g/mol. The van der Waals surface area contributed by atoms with E-state index in [1.54, 1.807) is 18.3 Å². The first-order valence-electron chi connectivity index (χ1n) is 6.60. The predicted octanol–water partition coefficient (Wildman–Crippen LogP) is 2.52. The maximum Gasteiger partial charge on any atom is 0.254 e. The van der Waals surface area contributed by atoms with Crippen molar-refractivity contribution in [2.45, 2.75) is 38.1 Å². The summed E-state index contributed by atoms with van der Waals surface area (Å²) in [5, 5.41) is 12.7. The van der Waals surface area contributed by atoms with E-state index in [4.69, 9.17) is 0 Å². The van der Waals surface area contributed by atoms with Gasteiger partial charge in [0, 0.05) is 6.20 Å². The fourth-order valence-electron chi connectivity index (χ4n) is 2.82. The second-order valence-electron chi connectivity index (χ2n) is 5.44. The van der Waals surface area contributed by atoms with Crippen molar-refractivity contribution in [2.75, 3.05) is 6.61 Å². The number of aliphatic hydroxyl groups excluding tert-OH is 1. The van der Waals surface area contributed by atoms with E-state index in [1.807, 2.05) is 0 Å². The molecule has 1 heterocycles. The van der Waals surface area contributed by atoms with Gasteiger partial charge in [-0.15, -0.1) is 0 Å². The Balaban J connectivity index is 2.14. The zero-order valence-corrected chi connectivity index (χ0v) is 12.6. The molecular weight excluding hydrogens is 308 g/mol. The van der Waals surface area contributed by atoms with E-state index in [1.165, 1.54) is 0 Å². The number of pyridine rings is 1. The number of nitrogens with one attached hydrogen (secondary N) is 1. The minimum atomic E-state index is -0.482. The second kappa shape index (κ2) is 6.01. The predicted molar refractivity (Wildman–Crippen MR) is 76.9 cm³/mol. The number of rotatable bonds is 3. The lowest BCUT2D eigenvalue weighted by Crippen LogP contribution is -2.53. The van der Waals surface area contributed by atoms with Crippen LogP contribution in [0.5, 0.6) is 0 Å². The Bertz CT molecular complexity index is 467. The van der Waals surface area contributed by atoms with Crippen LogP contribution in [-0.2, 0) is 0 Å². The molecular formula is C14H19BrN2O2. The Labute approximate surface area is 121 Å². The molecule has 1 aliphatic rings. The van der Waals surface area contributed by atoms with Crippen LogP contribution >= 0.6 is 15.9 Å². The molecule has 19 heavy (non-hydrogen) atoms. The Hall–Kier alpha value is -0.940. The van der Waals surface area contributed by atoms with E-state index >= 15 is 0 Å². The molecule has 1 aromatic rings. The number of hydrogen-bond donors (Lipinski definition) is 2. The molecule has 1 amide bonds. The molecule has 0 bridgehead atoms. The number of hydrogen-bond acceptors (Lipinski definition) is 3. The molecule has 5 heteroatoms. The first-order chi connectivity index (χ1) is 9.06. The van der Waals surface area contributed by atoms with Gasteiger partial charge in [0.05, 0.1) is 17.7 Å². The van der Waals surface area contributed by atoms with Crippen molar-refractivity contribution in [3.05, 3.63) is 28.5 Å². The molecule has 0 spiro atoms. The van der Waals surface area contributed by atoms with Gasteiger partial charge in [-0.05, 0) is 46.8 Å². The summed E-state index contributed by atoms with van der Waals surface area (Å²) >= 11 is 3.28. The molecule has 2 unspecified atom stereocenters. The number of carbonyl (C=O) groups excluding carboxylic acids is 1. The van der Waals surface area contributed by atoms with E-state index in [9.17, 15) is 9.90 Å². The Morgan fingerprint density at radius 1 is 1.68 bits per heavy atom. The van der Waals surface area contributed by atoms with Crippen molar-refractivity contribution in [1.82, 2.24) is 10.3 Å². The number of amides is 1. The third kappa shape index (κ3) is 3.34. The molecule has 0 aliphatic heterocycles. The van der Waals surface area contributed by atoms with Crippen LogP contribution in [0.3, 0.4) is 0 Å². The van der Waals surface area contributed by atoms with Crippen molar-refractivity contribution in [3.63, 3.8) is 0 Å². The molecule has 0 radical (unpaired) electrons. The first-order valence-corrected chi connectivity index (χ1v) is 7.39. The highest BCUT2D eigenvalue weighted by Crippen LogP contribution is 2.32. The van der Waals surface area contributed by atoms with Gasteiger partial charge in [-0.25, -0.2) is 4.98 Å². The van der Waals surface area contributed by atoms with Crippen LogP contribution in [0.1, 0.15) is 43.0 Å². The molecule has 1 aliphatic carbocycles. The SMILES string of the molecule is CC1CCCC(CO)(NC(=O)c2cccnc2Br)C1. The Morgan fingerprint density at radius 2 is 2.47 bits per heavy atom. The minimum Gasteiger partial charge on any atom is -0.394 e. The van der Waals surface area contributed by atoms with Gasteiger partial charge >= 0.3 is 0 Å². The van der Waals surface area contributed by atoms with Crippen LogP contribution in [0.4, 0.5) is 0 Å². The van der Waals surface area contributed by atoms with Crippen molar-refractivity contribution in [2.24, 2.45) is 5.92 Å². The highest BCUT2D eigenvalue weighted by molar-refractivity contribution is 9.10. The number of aliphatic hydroxyl groups is 1. The van der Waals surface area contributed by atoms with E-state index < -0.39 is 5.54 Å². The molecule has 0 aromatic carbocycles. The number of carbonyl (C=O) groups is 1. The molecule has 1 fully saturated rings. The van der Waals surface area contributed by atoms with Gasteiger partial charge < -0.3 is 10.4 Å². The lowest BCUT2D eigenvalue weighted by molar-refractivity contribution is 0.0696. The van der Waals surface area contributed by atoms with Gasteiger partial charge in [0.15, 0.2) is 0 Å². The second-order valence-corrected chi connectivity index (χ2v) is 6.19. The van der Waals surface area contributed by atoms with Gasteiger partial charge in [-0.1, -0.05) is 19.8 Å². The smallest absolute Gasteiger partial charge is 0.254 e. The first kappa shape index (κ1) is 14.5. The van der Waals surface area contributed by atoms with Crippen molar-refractivity contribution >= 4 is 21.8 Å². The van der Waals surface area contributed by atoms with Gasteiger partial charge in [0.25, 0.3) is 5.91 Å².